The van der Waals surface area contributed by atoms with Crippen molar-refractivity contribution in [3.63, 3.8) is 0 Å². The standard InChI is InChI=1S/C24H23FN6O3S/c25-19-13-28-20(16-4-8-34-14-16)9-17(19)12-26-11-15-2-6-31(7-3-15)23-27-5-1-18(29-23)10-21-22(32)30-24(33)35-21/h1,4-5,8-10,13-15,26H,2-3,6-7,11-12H2,(H,30,32,33). The van der Waals surface area contributed by atoms with Crippen LogP contribution in [0.2, 0.25) is 0 Å². The van der Waals surface area contributed by atoms with E-state index in [0.717, 1.165) is 49.8 Å². The lowest BCUT2D eigenvalue weighted by Crippen LogP contribution is -2.38. The number of nitrogens with one attached hydrogen (secondary N) is 2. The molecule has 0 saturated carbocycles. The first kappa shape index (κ1) is 23.2. The number of piperidine rings is 1. The smallest absolute Gasteiger partial charge is 0.290 e. The van der Waals surface area contributed by atoms with Crippen molar-refractivity contribution in [1.29, 1.82) is 0 Å². The summed E-state index contributed by atoms with van der Waals surface area (Å²) < 4.78 is 19.3. The van der Waals surface area contributed by atoms with Crippen LogP contribution in [0, 0.1) is 11.7 Å². The molecule has 0 bridgehead atoms. The largest absolute Gasteiger partial charge is 0.472 e. The van der Waals surface area contributed by atoms with Gasteiger partial charge in [0.1, 0.15) is 5.82 Å². The van der Waals surface area contributed by atoms with Gasteiger partial charge in [0.2, 0.25) is 5.95 Å². The van der Waals surface area contributed by atoms with Crippen LogP contribution >= 0.6 is 11.8 Å². The second kappa shape index (κ2) is 10.4. The number of nitrogens with zero attached hydrogens (tertiary/aromatic N) is 4. The number of hydrogen-bond donors (Lipinski definition) is 2. The maximum absolute atomic E-state index is 14.2. The fraction of sp³-hybridized carbons (Fsp3) is 0.292. The maximum Gasteiger partial charge on any atom is 0.290 e. The highest BCUT2D eigenvalue weighted by atomic mass is 32.2. The highest BCUT2D eigenvalue weighted by Crippen LogP contribution is 2.26. The number of thioether (sulfide) groups is 1. The molecular weight excluding hydrogens is 471 g/mol. The minimum absolute atomic E-state index is 0.326. The third-order valence-corrected chi connectivity index (χ3v) is 6.79. The third kappa shape index (κ3) is 5.57. The molecule has 9 nitrogen and oxygen atoms in total. The molecule has 5 heterocycles. The van der Waals surface area contributed by atoms with Crippen molar-refractivity contribution in [3.8, 4) is 11.3 Å². The predicted molar refractivity (Wildman–Crippen MR) is 130 cm³/mol. The van der Waals surface area contributed by atoms with Crippen LogP contribution < -0.4 is 15.5 Å². The van der Waals surface area contributed by atoms with Gasteiger partial charge in [-0.15, -0.1) is 0 Å². The summed E-state index contributed by atoms with van der Waals surface area (Å²) in [6.45, 7) is 2.81. The normalized spacial score (nSPS) is 17.9. The van der Waals surface area contributed by atoms with Crippen molar-refractivity contribution in [2.24, 2.45) is 5.92 Å². The summed E-state index contributed by atoms with van der Waals surface area (Å²) in [5, 5.41) is 5.24. The van der Waals surface area contributed by atoms with E-state index in [1.54, 1.807) is 43.0 Å². The molecule has 2 amide bonds. The van der Waals surface area contributed by atoms with Crippen LogP contribution in [0.25, 0.3) is 17.3 Å². The molecule has 35 heavy (non-hydrogen) atoms. The molecule has 0 aliphatic carbocycles. The molecule has 2 N–H and O–H groups in total. The Labute approximate surface area is 205 Å². The molecule has 3 aromatic rings. The Bertz CT molecular complexity index is 1260. The van der Waals surface area contributed by atoms with E-state index in [1.165, 1.54) is 6.20 Å². The molecule has 2 fully saturated rings. The second-order valence-corrected chi connectivity index (χ2v) is 9.38. The summed E-state index contributed by atoms with van der Waals surface area (Å²) in [6, 6.07) is 5.26. The van der Waals surface area contributed by atoms with Gasteiger partial charge >= 0.3 is 0 Å². The van der Waals surface area contributed by atoms with Gasteiger partial charge in [-0.05, 0) is 61.3 Å². The molecule has 0 spiro atoms. The van der Waals surface area contributed by atoms with Gasteiger partial charge in [0, 0.05) is 37.0 Å². The first-order valence-corrected chi connectivity index (χ1v) is 12.1. The first-order valence-electron chi connectivity index (χ1n) is 11.3. The summed E-state index contributed by atoms with van der Waals surface area (Å²) in [5.74, 6) is 0.327. The number of anilines is 1. The minimum Gasteiger partial charge on any atom is -0.472 e. The first-order chi connectivity index (χ1) is 17.0. The Kier molecular flexibility index (Phi) is 6.87. The van der Waals surface area contributed by atoms with E-state index in [0.29, 0.717) is 40.3 Å². The van der Waals surface area contributed by atoms with Crippen LogP contribution in [-0.2, 0) is 11.3 Å². The maximum atomic E-state index is 14.2. The van der Waals surface area contributed by atoms with Crippen LogP contribution in [0.15, 0.2) is 52.4 Å². The molecule has 0 unspecified atom stereocenters. The summed E-state index contributed by atoms with van der Waals surface area (Å²) in [5.41, 5.74) is 2.66. The Hall–Kier alpha value is -3.57. The number of aromatic nitrogens is 3. The quantitative estimate of drug-likeness (QED) is 0.476. The number of furan rings is 1. The van der Waals surface area contributed by atoms with E-state index in [2.05, 4.69) is 30.5 Å². The van der Waals surface area contributed by atoms with Crippen LogP contribution in [0.3, 0.4) is 0 Å². The zero-order valence-corrected chi connectivity index (χ0v) is 19.6. The van der Waals surface area contributed by atoms with Gasteiger partial charge < -0.3 is 14.6 Å². The highest BCUT2D eigenvalue weighted by molar-refractivity contribution is 8.18. The van der Waals surface area contributed by atoms with Gasteiger partial charge in [0.05, 0.1) is 35.0 Å². The van der Waals surface area contributed by atoms with Crippen LogP contribution in [0.5, 0.6) is 0 Å². The number of halogens is 1. The van der Waals surface area contributed by atoms with Crippen LogP contribution in [-0.4, -0.2) is 45.7 Å². The molecule has 2 aliphatic heterocycles. The Morgan fingerprint density at radius 1 is 1.26 bits per heavy atom. The predicted octanol–water partition coefficient (Wildman–Crippen LogP) is 3.60. The Morgan fingerprint density at radius 3 is 2.86 bits per heavy atom. The Morgan fingerprint density at radius 2 is 2.11 bits per heavy atom. The Balaban J connectivity index is 1.13. The van der Waals surface area contributed by atoms with Crippen molar-refractivity contribution >= 4 is 34.9 Å². The second-order valence-electron chi connectivity index (χ2n) is 8.37. The van der Waals surface area contributed by atoms with Crippen molar-refractivity contribution in [2.45, 2.75) is 19.4 Å². The lowest BCUT2D eigenvalue weighted by atomic mass is 9.97. The van der Waals surface area contributed by atoms with E-state index in [9.17, 15) is 14.0 Å². The lowest BCUT2D eigenvalue weighted by Gasteiger charge is -2.32. The monoisotopic (exact) mass is 494 g/mol. The van der Waals surface area contributed by atoms with E-state index < -0.39 is 5.91 Å². The highest BCUT2D eigenvalue weighted by Gasteiger charge is 2.26. The molecule has 0 aromatic carbocycles. The van der Waals surface area contributed by atoms with Gasteiger partial charge in [-0.1, -0.05) is 0 Å². The molecule has 2 aliphatic rings. The average Bonchev–Trinajstić information content (AvgIpc) is 3.51. The minimum atomic E-state index is -0.405. The molecule has 2 saturated heterocycles. The summed E-state index contributed by atoms with van der Waals surface area (Å²) in [6.07, 6.45) is 9.57. The van der Waals surface area contributed by atoms with Crippen LogP contribution in [0.4, 0.5) is 15.1 Å². The van der Waals surface area contributed by atoms with Gasteiger partial charge in [0.15, 0.2) is 0 Å². The summed E-state index contributed by atoms with van der Waals surface area (Å²) in [7, 11) is 0. The lowest BCUT2D eigenvalue weighted by molar-refractivity contribution is -0.115. The van der Waals surface area contributed by atoms with Crippen molar-refractivity contribution < 1.29 is 18.4 Å². The summed E-state index contributed by atoms with van der Waals surface area (Å²) in [4.78, 5) is 38.6. The third-order valence-electron chi connectivity index (χ3n) is 5.98. The average molecular weight is 495 g/mol. The molecule has 0 atom stereocenters. The zero-order valence-electron chi connectivity index (χ0n) is 18.7. The number of carbonyl (C=O) groups excluding carboxylic acids is 2. The SMILES string of the molecule is O=C1NC(=O)C(=Cc2ccnc(N3CCC(CNCc4cc(-c5ccoc5)ncc4F)CC3)n2)S1. The number of pyridine rings is 1. The van der Waals surface area contributed by atoms with Crippen molar-refractivity contribution in [3.05, 3.63) is 65.1 Å². The topological polar surface area (TPSA) is 113 Å². The van der Waals surface area contributed by atoms with E-state index >= 15 is 0 Å². The molecule has 3 aromatic heterocycles. The fourth-order valence-electron chi connectivity index (χ4n) is 4.08. The van der Waals surface area contributed by atoms with Gasteiger partial charge in [-0.3, -0.25) is 19.9 Å². The zero-order chi connectivity index (χ0) is 24.2. The molecular formula is C24H23FN6O3S. The van der Waals surface area contributed by atoms with Gasteiger partial charge in [0.25, 0.3) is 11.1 Å². The molecule has 11 heteroatoms. The van der Waals surface area contributed by atoms with E-state index in [-0.39, 0.29) is 11.1 Å². The molecule has 180 valence electrons. The number of hydrogen-bond acceptors (Lipinski definition) is 9. The molecule has 5 rings (SSSR count). The van der Waals surface area contributed by atoms with E-state index in [1.807, 2.05) is 0 Å². The van der Waals surface area contributed by atoms with Crippen molar-refractivity contribution in [1.82, 2.24) is 25.6 Å². The number of amides is 2. The summed E-state index contributed by atoms with van der Waals surface area (Å²) >= 11 is 0.866. The van der Waals surface area contributed by atoms with Crippen LogP contribution in [0.1, 0.15) is 24.1 Å². The van der Waals surface area contributed by atoms with Gasteiger partial charge in [-0.25, -0.2) is 14.4 Å². The van der Waals surface area contributed by atoms with Gasteiger partial charge in [-0.2, -0.15) is 0 Å². The fourth-order valence-corrected chi connectivity index (χ4v) is 4.75. The number of imide groups is 1. The van der Waals surface area contributed by atoms with E-state index in [4.69, 9.17) is 4.42 Å². The number of rotatable bonds is 7. The number of carbonyl (C=O) groups is 2. The molecule has 0 radical (unpaired) electrons. The van der Waals surface area contributed by atoms with Crippen molar-refractivity contribution in [2.75, 3.05) is 24.5 Å².